The van der Waals surface area contributed by atoms with Gasteiger partial charge in [-0.15, -0.1) is 0 Å². The maximum Gasteiger partial charge on any atom is 0.306 e. The summed E-state index contributed by atoms with van der Waals surface area (Å²) in [5.41, 5.74) is 1.89. The quantitative estimate of drug-likeness (QED) is 0.424. The van der Waals surface area contributed by atoms with Crippen LogP contribution in [0.4, 0.5) is 5.69 Å². The van der Waals surface area contributed by atoms with Crippen LogP contribution in [0.15, 0.2) is 52.4 Å². The molecule has 0 saturated heterocycles. The molecule has 0 fully saturated rings. The van der Waals surface area contributed by atoms with Gasteiger partial charge in [-0.2, -0.15) is 0 Å². The number of fused-ring (bicyclic) bond motifs is 1. The minimum Gasteiger partial charge on any atom is -0.456 e. The molecule has 0 aliphatic carbocycles. The Morgan fingerprint density at radius 2 is 1.88 bits per heavy atom. The minimum atomic E-state index is -3.53. The Balaban J connectivity index is 1.33. The van der Waals surface area contributed by atoms with Crippen LogP contribution in [0.5, 0.6) is 0 Å². The number of nitrogens with one attached hydrogen (secondary N) is 2. The molecule has 1 heterocycles. The van der Waals surface area contributed by atoms with Crippen LogP contribution in [0.1, 0.15) is 36.8 Å². The summed E-state index contributed by atoms with van der Waals surface area (Å²) in [6, 6.07) is 11.9. The number of anilines is 1. The number of unbranched alkanes of at least 4 members (excludes halogenated alkanes) is 2. The summed E-state index contributed by atoms with van der Waals surface area (Å²) in [4.78, 5) is 28.4. The molecule has 0 bridgehead atoms. The van der Waals surface area contributed by atoms with Crippen LogP contribution in [0.3, 0.4) is 0 Å². The van der Waals surface area contributed by atoms with Crippen LogP contribution in [0.25, 0.3) is 0 Å². The van der Waals surface area contributed by atoms with Crippen molar-refractivity contribution in [1.82, 2.24) is 4.72 Å². The SMILES string of the molecule is Cc1c(Cl)cccc1NC(=O)COC(=O)CCCCCN=C1NS(=O)(=O)c2ccccc21. The Morgan fingerprint density at radius 1 is 1.09 bits per heavy atom. The average molecular weight is 478 g/mol. The predicted octanol–water partition coefficient (Wildman–Crippen LogP) is 3.43. The molecule has 0 aromatic heterocycles. The second-order valence-electron chi connectivity index (χ2n) is 7.26. The number of sulfonamides is 1. The summed E-state index contributed by atoms with van der Waals surface area (Å²) in [7, 11) is -3.53. The molecule has 10 heteroatoms. The number of ether oxygens (including phenoxy) is 1. The van der Waals surface area contributed by atoms with Crippen molar-refractivity contribution in [3.8, 4) is 0 Å². The normalized spacial score (nSPS) is 15.1. The third-order valence-corrected chi connectivity index (χ3v) is 6.68. The van der Waals surface area contributed by atoms with Crippen LogP contribution in [-0.4, -0.2) is 39.3 Å². The van der Waals surface area contributed by atoms with Crippen molar-refractivity contribution in [2.24, 2.45) is 4.99 Å². The van der Waals surface area contributed by atoms with Gasteiger partial charge in [0.15, 0.2) is 6.61 Å². The van der Waals surface area contributed by atoms with Gasteiger partial charge in [0.05, 0.1) is 4.90 Å². The maximum atomic E-state index is 12.0. The standard InChI is InChI=1S/C22H24ClN3O5S/c1-15-17(23)9-7-10-18(15)25-20(27)14-31-21(28)12-3-2-6-13-24-22-16-8-4-5-11-19(16)32(29,30)26-22/h4-5,7-11H,2-3,6,12-14H2,1H3,(H,24,26)(H,25,27). The van der Waals surface area contributed by atoms with Gasteiger partial charge in [0, 0.05) is 29.2 Å². The zero-order chi connectivity index (χ0) is 23.1. The van der Waals surface area contributed by atoms with Crippen LogP contribution in [-0.2, 0) is 24.3 Å². The molecule has 2 aromatic rings. The fraction of sp³-hybridized carbons (Fsp3) is 0.318. The van der Waals surface area contributed by atoms with Crippen molar-refractivity contribution >= 4 is 45.0 Å². The third-order valence-electron chi connectivity index (χ3n) is 4.88. The van der Waals surface area contributed by atoms with E-state index in [1.165, 1.54) is 0 Å². The van der Waals surface area contributed by atoms with E-state index in [2.05, 4.69) is 15.0 Å². The number of hydrogen-bond donors (Lipinski definition) is 2. The van der Waals surface area contributed by atoms with Crippen molar-refractivity contribution in [1.29, 1.82) is 0 Å². The number of carbonyl (C=O) groups is 2. The van der Waals surface area contributed by atoms with E-state index in [0.29, 0.717) is 47.9 Å². The number of amides is 1. The summed E-state index contributed by atoms with van der Waals surface area (Å²) < 4.78 is 31.5. The van der Waals surface area contributed by atoms with E-state index >= 15 is 0 Å². The third kappa shape index (κ3) is 6.08. The molecule has 0 unspecified atom stereocenters. The van der Waals surface area contributed by atoms with Crippen molar-refractivity contribution in [3.63, 3.8) is 0 Å². The molecule has 3 rings (SSSR count). The number of benzene rings is 2. The lowest BCUT2D eigenvalue weighted by Crippen LogP contribution is -2.22. The minimum absolute atomic E-state index is 0.190. The highest BCUT2D eigenvalue weighted by Gasteiger charge is 2.29. The first-order chi connectivity index (χ1) is 15.3. The number of rotatable bonds is 9. The van der Waals surface area contributed by atoms with E-state index < -0.39 is 21.9 Å². The fourth-order valence-electron chi connectivity index (χ4n) is 3.15. The summed E-state index contributed by atoms with van der Waals surface area (Å²) in [5, 5.41) is 3.21. The lowest BCUT2D eigenvalue weighted by molar-refractivity contribution is -0.147. The van der Waals surface area contributed by atoms with E-state index in [9.17, 15) is 18.0 Å². The van der Waals surface area contributed by atoms with Gasteiger partial charge < -0.3 is 10.1 Å². The summed E-state index contributed by atoms with van der Waals surface area (Å²) >= 11 is 6.02. The second kappa shape index (κ2) is 10.6. The van der Waals surface area contributed by atoms with Crippen molar-refractivity contribution < 1.29 is 22.7 Å². The van der Waals surface area contributed by atoms with Gasteiger partial charge in [0.1, 0.15) is 5.84 Å². The summed E-state index contributed by atoms with van der Waals surface area (Å²) in [6.45, 7) is 1.86. The lowest BCUT2D eigenvalue weighted by Gasteiger charge is -2.10. The van der Waals surface area contributed by atoms with Crippen molar-refractivity contribution in [2.75, 3.05) is 18.5 Å². The highest BCUT2D eigenvalue weighted by molar-refractivity contribution is 7.90. The van der Waals surface area contributed by atoms with E-state index in [1.807, 2.05) is 0 Å². The molecule has 32 heavy (non-hydrogen) atoms. The molecule has 0 radical (unpaired) electrons. The Kier molecular flexibility index (Phi) is 7.87. The smallest absolute Gasteiger partial charge is 0.306 e. The molecule has 8 nitrogen and oxygen atoms in total. The van der Waals surface area contributed by atoms with Crippen LogP contribution < -0.4 is 10.0 Å². The van der Waals surface area contributed by atoms with E-state index in [0.717, 1.165) is 5.56 Å². The number of aliphatic imine (C=N–C) groups is 1. The number of esters is 1. The van der Waals surface area contributed by atoms with E-state index in [1.54, 1.807) is 49.4 Å². The van der Waals surface area contributed by atoms with Gasteiger partial charge in [-0.3, -0.25) is 19.3 Å². The van der Waals surface area contributed by atoms with Crippen LogP contribution in [0, 0.1) is 6.92 Å². The number of hydrogen-bond acceptors (Lipinski definition) is 6. The molecule has 1 amide bonds. The van der Waals surface area contributed by atoms with E-state index in [-0.39, 0.29) is 17.9 Å². The highest BCUT2D eigenvalue weighted by Crippen LogP contribution is 2.23. The Labute approximate surface area is 192 Å². The number of carbonyl (C=O) groups excluding carboxylic acids is 2. The Hall–Kier alpha value is -2.91. The van der Waals surface area contributed by atoms with Gasteiger partial charge in [0.2, 0.25) is 0 Å². The number of amidine groups is 1. The first kappa shape index (κ1) is 23.7. The van der Waals surface area contributed by atoms with Gasteiger partial charge >= 0.3 is 5.97 Å². The number of nitrogens with zero attached hydrogens (tertiary/aromatic N) is 1. The van der Waals surface area contributed by atoms with Gasteiger partial charge in [-0.05, 0) is 49.6 Å². The number of halogens is 1. The molecule has 170 valence electrons. The second-order valence-corrected chi connectivity index (χ2v) is 9.32. The molecular formula is C22H24ClN3O5S. The maximum absolute atomic E-state index is 12.0. The monoisotopic (exact) mass is 477 g/mol. The molecule has 0 saturated carbocycles. The zero-order valence-corrected chi connectivity index (χ0v) is 19.1. The predicted molar refractivity (Wildman–Crippen MR) is 122 cm³/mol. The molecule has 2 N–H and O–H groups in total. The Bertz CT molecular complexity index is 1150. The van der Waals surface area contributed by atoms with E-state index in [4.69, 9.17) is 16.3 Å². The molecular weight excluding hydrogens is 454 g/mol. The summed E-state index contributed by atoms with van der Waals surface area (Å²) in [5.74, 6) is -0.536. The fourth-order valence-corrected chi connectivity index (χ4v) is 4.57. The largest absolute Gasteiger partial charge is 0.456 e. The topological polar surface area (TPSA) is 114 Å². The van der Waals surface area contributed by atoms with Crippen molar-refractivity contribution in [2.45, 2.75) is 37.5 Å². The Morgan fingerprint density at radius 3 is 2.69 bits per heavy atom. The molecule has 0 atom stereocenters. The average Bonchev–Trinajstić information content (AvgIpc) is 3.03. The van der Waals surface area contributed by atoms with Crippen LogP contribution >= 0.6 is 11.6 Å². The molecule has 2 aromatic carbocycles. The van der Waals surface area contributed by atoms with Gasteiger partial charge in [-0.1, -0.05) is 36.2 Å². The molecule has 0 spiro atoms. The zero-order valence-electron chi connectivity index (χ0n) is 17.6. The van der Waals surface area contributed by atoms with Crippen molar-refractivity contribution in [3.05, 3.63) is 58.6 Å². The lowest BCUT2D eigenvalue weighted by atomic mass is 10.2. The molecule has 1 aliphatic heterocycles. The first-order valence-electron chi connectivity index (χ1n) is 10.1. The highest BCUT2D eigenvalue weighted by atomic mass is 35.5. The first-order valence-corrected chi connectivity index (χ1v) is 12.0. The summed E-state index contributed by atoms with van der Waals surface area (Å²) in [6.07, 6.45) is 2.18. The van der Waals surface area contributed by atoms with Crippen LogP contribution in [0.2, 0.25) is 5.02 Å². The molecule has 1 aliphatic rings. The van der Waals surface area contributed by atoms with Gasteiger partial charge in [-0.25, -0.2) is 8.42 Å². The van der Waals surface area contributed by atoms with Gasteiger partial charge in [0.25, 0.3) is 15.9 Å².